The summed E-state index contributed by atoms with van der Waals surface area (Å²) in [6.45, 7) is 2.04. The Hall–Kier alpha value is -1.66. The first kappa shape index (κ1) is 17.2. The molecule has 0 spiro atoms. The van der Waals surface area contributed by atoms with Gasteiger partial charge in [0.2, 0.25) is 5.91 Å². The molecule has 1 aliphatic rings. The van der Waals surface area contributed by atoms with Crippen LogP contribution >= 0.6 is 27.3 Å². The van der Waals surface area contributed by atoms with Crippen LogP contribution in [-0.4, -0.2) is 11.8 Å². The van der Waals surface area contributed by atoms with Gasteiger partial charge in [-0.3, -0.25) is 9.59 Å². The number of anilines is 1. The van der Waals surface area contributed by atoms with Crippen LogP contribution in [0, 0.1) is 5.92 Å². The Bertz CT molecular complexity index is 738. The second kappa shape index (κ2) is 7.49. The summed E-state index contributed by atoms with van der Waals surface area (Å²) >= 11 is 4.73. The average molecular weight is 407 g/mol. The number of carbonyl (C=O) groups is 2. The summed E-state index contributed by atoms with van der Waals surface area (Å²) in [5.74, 6) is 0.109. The standard InChI is InChI=1S/C18H19BrN2O2S/c1-2-14(11-5-7-13(19)8-6-11)20-18(23)15-9-10-16(24-15)21-17(22)12-3-4-12/h5-10,12,14H,2-4H2,1H3,(H,20,23)(H,21,22)/t14-/m0/s1. The van der Waals surface area contributed by atoms with E-state index in [0.717, 1.165) is 34.3 Å². The molecule has 4 nitrogen and oxygen atoms in total. The van der Waals surface area contributed by atoms with E-state index in [2.05, 4.69) is 26.6 Å². The van der Waals surface area contributed by atoms with Crippen molar-refractivity contribution in [1.82, 2.24) is 5.32 Å². The minimum absolute atomic E-state index is 0.0304. The van der Waals surface area contributed by atoms with Crippen LogP contribution in [0.15, 0.2) is 40.9 Å². The van der Waals surface area contributed by atoms with Crippen LogP contribution in [0.5, 0.6) is 0 Å². The maximum atomic E-state index is 12.5. The first-order valence-electron chi connectivity index (χ1n) is 8.04. The highest BCUT2D eigenvalue weighted by Crippen LogP contribution is 2.31. The number of nitrogens with one attached hydrogen (secondary N) is 2. The van der Waals surface area contributed by atoms with Crippen LogP contribution in [0.3, 0.4) is 0 Å². The smallest absolute Gasteiger partial charge is 0.261 e. The molecule has 6 heteroatoms. The van der Waals surface area contributed by atoms with Gasteiger partial charge in [-0.15, -0.1) is 11.3 Å². The number of halogens is 1. The third kappa shape index (κ3) is 4.24. The van der Waals surface area contributed by atoms with Gasteiger partial charge in [0.05, 0.1) is 15.9 Å². The van der Waals surface area contributed by atoms with Crippen molar-refractivity contribution >= 4 is 44.1 Å². The maximum Gasteiger partial charge on any atom is 0.261 e. The van der Waals surface area contributed by atoms with Crippen molar-refractivity contribution in [3.8, 4) is 0 Å². The lowest BCUT2D eigenvalue weighted by atomic mass is 10.0. The Morgan fingerprint density at radius 2 is 1.92 bits per heavy atom. The molecule has 3 rings (SSSR count). The molecule has 0 aliphatic heterocycles. The minimum Gasteiger partial charge on any atom is -0.345 e. The Labute approximate surface area is 153 Å². The van der Waals surface area contributed by atoms with Gasteiger partial charge in [0.15, 0.2) is 0 Å². The Kier molecular flexibility index (Phi) is 5.36. The number of rotatable bonds is 6. The van der Waals surface area contributed by atoms with E-state index < -0.39 is 0 Å². The van der Waals surface area contributed by atoms with E-state index in [4.69, 9.17) is 0 Å². The Balaban J connectivity index is 1.63. The van der Waals surface area contributed by atoms with Crippen molar-refractivity contribution in [2.24, 2.45) is 5.92 Å². The summed E-state index contributed by atoms with van der Waals surface area (Å²) < 4.78 is 1.02. The molecule has 1 aromatic carbocycles. The highest BCUT2D eigenvalue weighted by atomic mass is 79.9. The van der Waals surface area contributed by atoms with Gasteiger partial charge in [-0.2, -0.15) is 0 Å². The lowest BCUT2D eigenvalue weighted by molar-refractivity contribution is -0.117. The lowest BCUT2D eigenvalue weighted by Crippen LogP contribution is -2.27. The van der Waals surface area contributed by atoms with E-state index in [1.165, 1.54) is 11.3 Å². The number of carbonyl (C=O) groups excluding carboxylic acids is 2. The summed E-state index contributed by atoms with van der Waals surface area (Å²) in [6.07, 6.45) is 2.75. The molecular weight excluding hydrogens is 388 g/mol. The van der Waals surface area contributed by atoms with Gasteiger partial charge in [0.25, 0.3) is 5.91 Å². The molecule has 126 valence electrons. The molecule has 2 aromatic rings. The monoisotopic (exact) mass is 406 g/mol. The first-order valence-corrected chi connectivity index (χ1v) is 9.64. The van der Waals surface area contributed by atoms with E-state index in [-0.39, 0.29) is 23.8 Å². The molecule has 1 aromatic heterocycles. The van der Waals surface area contributed by atoms with Crippen molar-refractivity contribution in [1.29, 1.82) is 0 Å². The molecule has 0 radical (unpaired) electrons. The highest BCUT2D eigenvalue weighted by molar-refractivity contribution is 9.10. The third-order valence-corrected chi connectivity index (χ3v) is 5.54. The van der Waals surface area contributed by atoms with Gasteiger partial charge < -0.3 is 10.6 Å². The molecule has 2 N–H and O–H groups in total. The van der Waals surface area contributed by atoms with Crippen LogP contribution in [0.25, 0.3) is 0 Å². The van der Waals surface area contributed by atoms with Gasteiger partial charge >= 0.3 is 0 Å². The zero-order chi connectivity index (χ0) is 17.1. The second-order valence-electron chi connectivity index (χ2n) is 5.91. The van der Waals surface area contributed by atoms with Crippen molar-refractivity contribution < 1.29 is 9.59 Å². The number of hydrogen-bond acceptors (Lipinski definition) is 3. The minimum atomic E-state index is -0.110. The van der Waals surface area contributed by atoms with Crippen LogP contribution in [-0.2, 0) is 4.79 Å². The molecule has 1 heterocycles. The van der Waals surface area contributed by atoms with Gasteiger partial charge in [0.1, 0.15) is 0 Å². The van der Waals surface area contributed by atoms with Gasteiger partial charge in [-0.05, 0) is 49.1 Å². The van der Waals surface area contributed by atoms with E-state index in [1.807, 2.05) is 31.2 Å². The van der Waals surface area contributed by atoms with E-state index in [0.29, 0.717) is 4.88 Å². The molecule has 0 unspecified atom stereocenters. The molecule has 1 saturated carbocycles. The second-order valence-corrected chi connectivity index (χ2v) is 7.91. The molecule has 24 heavy (non-hydrogen) atoms. The van der Waals surface area contributed by atoms with Gasteiger partial charge in [0, 0.05) is 10.4 Å². The van der Waals surface area contributed by atoms with Crippen LogP contribution in [0.1, 0.15) is 47.5 Å². The quantitative estimate of drug-likeness (QED) is 0.727. The first-order chi connectivity index (χ1) is 11.6. The number of hydrogen-bond donors (Lipinski definition) is 2. The number of thiophene rings is 1. The molecular formula is C18H19BrN2O2S. The van der Waals surface area contributed by atoms with Crippen molar-refractivity contribution in [3.63, 3.8) is 0 Å². The number of benzene rings is 1. The van der Waals surface area contributed by atoms with Crippen molar-refractivity contribution in [3.05, 3.63) is 51.3 Å². The fourth-order valence-electron chi connectivity index (χ4n) is 2.44. The predicted octanol–water partition coefficient (Wildman–Crippen LogP) is 4.74. The summed E-state index contributed by atoms with van der Waals surface area (Å²) in [5.41, 5.74) is 1.08. The summed E-state index contributed by atoms with van der Waals surface area (Å²) in [5, 5.41) is 6.67. The van der Waals surface area contributed by atoms with Crippen LogP contribution < -0.4 is 10.6 Å². The highest BCUT2D eigenvalue weighted by Gasteiger charge is 2.30. The molecule has 0 bridgehead atoms. The summed E-state index contributed by atoms with van der Waals surface area (Å²) in [7, 11) is 0. The van der Waals surface area contributed by atoms with Gasteiger partial charge in [-0.1, -0.05) is 35.0 Å². The molecule has 1 atom stereocenters. The van der Waals surface area contributed by atoms with Crippen LogP contribution in [0.2, 0.25) is 0 Å². The van der Waals surface area contributed by atoms with E-state index >= 15 is 0 Å². The average Bonchev–Trinajstić information content (AvgIpc) is 3.33. The Morgan fingerprint density at radius 1 is 1.21 bits per heavy atom. The predicted molar refractivity (Wildman–Crippen MR) is 100 cm³/mol. The molecule has 1 fully saturated rings. The number of amides is 2. The third-order valence-electron chi connectivity index (χ3n) is 4.01. The van der Waals surface area contributed by atoms with Crippen molar-refractivity contribution in [2.45, 2.75) is 32.2 Å². The molecule has 0 saturated heterocycles. The fraction of sp³-hybridized carbons (Fsp3) is 0.333. The normalized spacial score (nSPS) is 14.9. The SMILES string of the molecule is CC[C@H](NC(=O)c1ccc(NC(=O)C2CC2)s1)c1ccc(Br)cc1. The molecule has 2 amide bonds. The fourth-order valence-corrected chi connectivity index (χ4v) is 3.52. The maximum absolute atomic E-state index is 12.5. The summed E-state index contributed by atoms with van der Waals surface area (Å²) in [6, 6.07) is 11.5. The zero-order valence-electron chi connectivity index (χ0n) is 13.3. The van der Waals surface area contributed by atoms with Gasteiger partial charge in [-0.25, -0.2) is 0 Å². The zero-order valence-corrected chi connectivity index (χ0v) is 15.7. The molecule has 1 aliphatic carbocycles. The van der Waals surface area contributed by atoms with E-state index in [1.54, 1.807) is 12.1 Å². The Morgan fingerprint density at radius 3 is 2.54 bits per heavy atom. The van der Waals surface area contributed by atoms with E-state index in [9.17, 15) is 9.59 Å². The largest absolute Gasteiger partial charge is 0.345 e. The lowest BCUT2D eigenvalue weighted by Gasteiger charge is -2.17. The topological polar surface area (TPSA) is 58.2 Å². The van der Waals surface area contributed by atoms with Crippen LogP contribution in [0.4, 0.5) is 5.00 Å². The summed E-state index contributed by atoms with van der Waals surface area (Å²) in [4.78, 5) is 24.9. The van der Waals surface area contributed by atoms with Crippen molar-refractivity contribution in [2.75, 3.05) is 5.32 Å².